The molecule has 1 aromatic heterocycles. The van der Waals surface area contributed by atoms with Crippen molar-refractivity contribution in [1.82, 2.24) is 4.98 Å². The number of methoxy groups -OCH3 is 1. The van der Waals surface area contributed by atoms with Crippen LogP contribution in [0.1, 0.15) is 19.3 Å². The molecule has 0 bridgehead atoms. The fraction of sp³-hybridized carbons (Fsp3) is 0.583. The molecule has 1 aliphatic heterocycles. The molecule has 4 heteroatoms. The van der Waals surface area contributed by atoms with E-state index in [2.05, 4.69) is 22.1 Å². The molecular formula is C12H18N2OS. The maximum atomic E-state index is 5.09. The summed E-state index contributed by atoms with van der Waals surface area (Å²) in [6, 6.07) is 5.80. The summed E-state index contributed by atoms with van der Waals surface area (Å²) in [5.41, 5.74) is 0. The molecule has 1 saturated heterocycles. The van der Waals surface area contributed by atoms with Crippen LogP contribution in [0, 0.1) is 0 Å². The van der Waals surface area contributed by atoms with Gasteiger partial charge in [-0.15, -0.1) is 0 Å². The van der Waals surface area contributed by atoms with E-state index in [0.29, 0.717) is 5.88 Å². The summed E-state index contributed by atoms with van der Waals surface area (Å²) >= 11 is 2.07. The lowest BCUT2D eigenvalue weighted by atomic mass is 10.2. The largest absolute Gasteiger partial charge is 0.481 e. The first-order chi connectivity index (χ1) is 7.88. The Kier molecular flexibility index (Phi) is 4.34. The monoisotopic (exact) mass is 238 g/mol. The number of rotatable bonds is 4. The predicted molar refractivity (Wildman–Crippen MR) is 69.4 cm³/mol. The van der Waals surface area contributed by atoms with Crippen LogP contribution in [-0.2, 0) is 0 Å². The van der Waals surface area contributed by atoms with E-state index >= 15 is 0 Å². The summed E-state index contributed by atoms with van der Waals surface area (Å²) in [6.45, 7) is 1.00. The highest BCUT2D eigenvalue weighted by molar-refractivity contribution is 7.99. The number of nitrogens with one attached hydrogen (secondary N) is 1. The summed E-state index contributed by atoms with van der Waals surface area (Å²) in [7, 11) is 1.64. The Morgan fingerprint density at radius 3 is 3.19 bits per heavy atom. The second-order valence-electron chi connectivity index (χ2n) is 3.93. The highest BCUT2D eigenvalue weighted by Gasteiger charge is 2.13. The summed E-state index contributed by atoms with van der Waals surface area (Å²) < 4.78 is 5.09. The number of aromatic nitrogens is 1. The number of hydrogen-bond donors (Lipinski definition) is 1. The van der Waals surface area contributed by atoms with E-state index in [4.69, 9.17) is 4.74 Å². The van der Waals surface area contributed by atoms with E-state index in [0.717, 1.165) is 17.6 Å². The minimum atomic E-state index is 0.668. The van der Waals surface area contributed by atoms with Gasteiger partial charge in [-0.05, 0) is 24.7 Å². The number of nitrogens with zero attached hydrogens (tertiary/aromatic N) is 1. The molecule has 3 nitrogen and oxygen atoms in total. The lowest BCUT2D eigenvalue weighted by Crippen LogP contribution is -2.20. The highest BCUT2D eigenvalue weighted by Crippen LogP contribution is 2.25. The first-order valence-electron chi connectivity index (χ1n) is 5.75. The van der Waals surface area contributed by atoms with Crippen molar-refractivity contribution in [2.45, 2.75) is 24.5 Å². The molecule has 0 spiro atoms. The van der Waals surface area contributed by atoms with Gasteiger partial charge in [0.05, 0.1) is 7.11 Å². The Morgan fingerprint density at radius 1 is 1.50 bits per heavy atom. The SMILES string of the molecule is COc1cccc(NCC2CCCCS2)n1. The Morgan fingerprint density at radius 2 is 2.44 bits per heavy atom. The molecule has 0 aliphatic carbocycles. The van der Waals surface area contributed by atoms with Crippen LogP contribution in [0.15, 0.2) is 18.2 Å². The molecule has 2 heterocycles. The Labute approximate surface area is 101 Å². The zero-order valence-corrected chi connectivity index (χ0v) is 10.4. The van der Waals surface area contributed by atoms with Crippen molar-refractivity contribution in [3.8, 4) is 5.88 Å². The summed E-state index contributed by atoms with van der Waals surface area (Å²) in [4.78, 5) is 4.33. The van der Waals surface area contributed by atoms with Gasteiger partial charge >= 0.3 is 0 Å². The van der Waals surface area contributed by atoms with Crippen LogP contribution in [0.2, 0.25) is 0 Å². The summed E-state index contributed by atoms with van der Waals surface area (Å²) in [6.07, 6.45) is 4.06. The molecule has 1 fully saturated rings. The van der Waals surface area contributed by atoms with Crippen LogP contribution >= 0.6 is 11.8 Å². The molecular weight excluding hydrogens is 220 g/mol. The topological polar surface area (TPSA) is 34.1 Å². The Bertz CT molecular complexity index is 327. The molecule has 1 aliphatic rings. The molecule has 0 amide bonds. The van der Waals surface area contributed by atoms with Crippen LogP contribution < -0.4 is 10.1 Å². The van der Waals surface area contributed by atoms with E-state index in [1.165, 1.54) is 25.0 Å². The van der Waals surface area contributed by atoms with Crippen molar-refractivity contribution in [2.24, 2.45) is 0 Å². The van der Waals surface area contributed by atoms with Gasteiger partial charge in [-0.1, -0.05) is 12.5 Å². The van der Waals surface area contributed by atoms with Gasteiger partial charge in [0.1, 0.15) is 5.82 Å². The van der Waals surface area contributed by atoms with Crippen molar-refractivity contribution in [3.63, 3.8) is 0 Å². The maximum absolute atomic E-state index is 5.09. The Hall–Kier alpha value is -0.900. The van der Waals surface area contributed by atoms with Crippen molar-refractivity contribution >= 4 is 17.6 Å². The molecule has 1 N–H and O–H groups in total. The van der Waals surface area contributed by atoms with Gasteiger partial charge in [0, 0.05) is 17.9 Å². The van der Waals surface area contributed by atoms with Gasteiger partial charge in [0.25, 0.3) is 0 Å². The van der Waals surface area contributed by atoms with Gasteiger partial charge in [-0.25, -0.2) is 0 Å². The average Bonchev–Trinajstić information content (AvgIpc) is 2.38. The fourth-order valence-electron chi connectivity index (χ4n) is 1.81. The van der Waals surface area contributed by atoms with Gasteiger partial charge < -0.3 is 10.1 Å². The third-order valence-electron chi connectivity index (χ3n) is 2.72. The predicted octanol–water partition coefficient (Wildman–Crippen LogP) is 2.79. The third-order valence-corrected chi connectivity index (χ3v) is 4.12. The fourth-order valence-corrected chi connectivity index (χ4v) is 3.05. The number of ether oxygens (including phenoxy) is 1. The minimum absolute atomic E-state index is 0.668. The lowest BCUT2D eigenvalue weighted by molar-refractivity contribution is 0.398. The van der Waals surface area contributed by atoms with Crippen LogP contribution in [0.5, 0.6) is 5.88 Å². The van der Waals surface area contributed by atoms with Gasteiger partial charge in [-0.3, -0.25) is 0 Å². The third kappa shape index (κ3) is 3.30. The van der Waals surface area contributed by atoms with Crippen molar-refractivity contribution in [3.05, 3.63) is 18.2 Å². The summed E-state index contributed by atoms with van der Waals surface area (Å²) in [5, 5.41) is 4.11. The van der Waals surface area contributed by atoms with Crippen LogP contribution in [0.25, 0.3) is 0 Å². The van der Waals surface area contributed by atoms with Crippen molar-refractivity contribution in [2.75, 3.05) is 24.7 Å². The zero-order chi connectivity index (χ0) is 11.2. The molecule has 16 heavy (non-hydrogen) atoms. The van der Waals surface area contributed by atoms with E-state index in [9.17, 15) is 0 Å². The van der Waals surface area contributed by atoms with Gasteiger partial charge in [-0.2, -0.15) is 16.7 Å². The first kappa shape index (κ1) is 11.6. The van der Waals surface area contributed by atoms with Crippen molar-refractivity contribution < 1.29 is 4.74 Å². The smallest absolute Gasteiger partial charge is 0.214 e. The number of pyridine rings is 1. The van der Waals surface area contributed by atoms with E-state index < -0.39 is 0 Å². The van der Waals surface area contributed by atoms with E-state index in [1.54, 1.807) is 7.11 Å². The van der Waals surface area contributed by atoms with Gasteiger partial charge in [0.15, 0.2) is 0 Å². The van der Waals surface area contributed by atoms with Gasteiger partial charge in [0.2, 0.25) is 5.88 Å². The average molecular weight is 238 g/mol. The molecule has 1 atom stereocenters. The molecule has 1 unspecified atom stereocenters. The molecule has 2 rings (SSSR count). The molecule has 0 radical (unpaired) electrons. The minimum Gasteiger partial charge on any atom is -0.481 e. The van der Waals surface area contributed by atoms with Crippen LogP contribution in [0.3, 0.4) is 0 Å². The quantitative estimate of drug-likeness (QED) is 0.874. The normalized spacial score (nSPS) is 20.4. The van der Waals surface area contributed by atoms with Crippen molar-refractivity contribution in [1.29, 1.82) is 0 Å². The van der Waals surface area contributed by atoms with Crippen LogP contribution in [-0.4, -0.2) is 29.6 Å². The molecule has 1 aromatic rings. The highest BCUT2D eigenvalue weighted by atomic mass is 32.2. The summed E-state index contributed by atoms with van der Waals surface area (Å²) in [5.74, 6) is 2.88. The Balaban J connectivity index is 1.83. The molecule has 0 saturated carbocycles. The number of anilines is 1. The molecule has 0 aromatic carbocycles. The number of thioether (sulfide) groups is 1. The van der Waals surface area contributed by atoms with E-state index in [1.807, 2.05) is 18.2 Å². The second kappa shape index (κ2) is 5.99. The maximum Gasteiger partial charge on any atom is 0.214 e. The first-order valence-corrected chi connectivity index (χ1v) is 6.80. The number of hydrogen-bond acceptors (Lipinski definition) is 4. The lowest BCUT2D eigenvalue weighted by Gasteiger charge is -2.21. The second-order valence-corrected chi connectivity index (χ2v) is 5.34. The zero-order valence-electron chi connectivity index (χ0n) is 9.61. The van der Waals surface area contributed by atoms with Crippen LogP contribution in [0.4, 0.5) is 5.82 Å². The molecule has 88 valence electrons. The van der Waals surface area contributed by atoms with E-state index in [-0.39, 0.29) is 0 Å². The standard InChI is InChI=1S/C12H18N2OS/c1-15-12-7-4-6-11(14-12)13-9-10-5-2-3-8-16-10/h4,6-7,10H,2-3,5,8-9H2,1H3,(H,13,14).